The van der Waals surface area contributed by atoms with Crippen molar-refractivity contribution < 1.29 is 4.79 Å². The van der Waals surface area contributed by atoms with Crippen LogP contribution >= 0.6 is 0 Å². The molecule has 0 spiro atoms. The minimum atomic E-state index is -0.183. The molecule has 0 radical (unpaired) electrons. The van der Waals surface area contributed by atoms with Gasteiger partial charge in [-0.25, -0.2) is 10.8 Å². The fraction of sp³-hybridized carbons (Fsp3) is 0.143. The fourth-order valence-electron chi connectivity index (χ4n) is 1.76. The zero-order valence-corrected chi connectivity index (χ0v) is 10.5. The second-order valence-electron chi connectivity index (χ2n) is 4.04. The number of amides is 1. The van der Waals surface area contributed by atoms with E-state index >= 15 is 0 Å². The fourth-order valence-corrected chi connectivity index (χ4v) is 1.76. The van der Waals surface area contributed by atoms with Crippen molar-refractivity contribution in [1.29, 1.82) is 0 Å². The van der Waals surface area contributed by atoms with Gasteiger partial charge in [0.2, 0.25) is 0 Å². The Balaban J connectivity index is 1.91. The van der Waals surface area contributed by atoms with Crippen LogP contribution in [0, 0.1) is 0 Å². The summed E-state index contributed by atoms with van der Waals surface area (Å²) in [6.07, 6.45) is 2.37. The van der Waals surface area contributed by atoms with E-state index < -0.39 is 0 Å². The predicted octanol–water partition coefficient (Wildman–Crippen LogP) is 1.34. The van der Waals surface area contributed by atoms with Crippen LogP contribution in [0.3, 0.4) is 0 Å². The Morgan fingerprint density at radius 1 is 1.16 bits per heavy atom. The standard InChI is InChI=1S/C14H16N4O/c15-18-13-12(7-4-9-16-13)14(19)17-10-8-11-5-2-1-3-6-11/h1-7,9H,8,10,15H2,(H,16,18)(H,17,19). The van der Waals surface area contributed by atoms with Crippen molar-refractivity contribution in [3.05, 3.63) is 59.8 Å². The quantitative estimate of drug-likeness (QED) is 0.557. The number of hydrogen-bond acceptors (Lipinski definition) is 4. The summed E-state index contributed by atoms with van der Waals surface area (Å²) in [5, 5.41) is 2.85. The van der Waals surface area contributed by atoms with Crippen molar-refractivity contribution in [2.75, 3.05) is 12.0 Å². The van der Waals surface area contributed by atoms with Gasteiger partial charge in [0, 0.05) is 12.7 Å². The van der Waals surface area contributed by atoms with E-state index in [9.17, 15) is 4.79 Å². The number of aromatic nitrogens is 1. The van der Waals surface area contributed by atoms with Gasteiger partial charge in [0.1, 0.15) is 0 Å². The predicted molar refractivity (Wildman–Crippen MR) is 74.5 cm³/mol. The Labute approximate surface area is 111 Å². The van der Waals surface area contributed by atoms with Gasteiger partial charge in [0.25, 0.3) is 5.91 Å². The lowest BCUT2D eigenvalue weighted by Crippen LogP contribution is -2.27. The van der Waals surface area contributed by atoms with Crippen LogP contribution in [0.2, 0.25) is 0 Å². The van der Waals surface area contributed by atoms with Gasteiger partial charge in [-0.2, -0.15) is 0 Å². The molecular weight excluding hydrogens is 240 g/mol. The Kier molecular flexibility index (Phi) is 4.47. The number of nitrogens with zero attached hydrogens (tertiary/aromatic N) is 1. The van der Waals surface area contributed by atoms with Gasteiger partial charge < -0.3 is 10.7 Å². The van der Waals surface area contributed by atoms with Gasteiger partial charge in [-0.05, 0) is 24.1 Å². The lowest BCUT2D eigenvalue weighted by Gasteiger charge is -2.08. The maximum atomic E-state index is 12.0. The molecule has 0 saturated carbocycles. The number of anilines is 1. The number of rotatable bonds is 5. The minimum absolute atomic E-state index is 0.183. The molecule has 2 rings (SSSR count). The lowest BCUT2D eigenvalue weighted by molar-refractivity contribution is 0.0954. The van der Waals surface area contributed by atoms with Gasteiger partial charge in [0.15, 0.2) is 5.82 Å². The second kappa shape index (κ2) is 6.51. The van der Waals surface area contributed by atoms with E-state index in [1.54, 1.807) is 18.3 Å². The molecule has 19 heavy (non-hydrogen) atoms. The molecule has 98 valence electrons. The smallest absolute Gasteiger partial charge is 0.255 e. The first-order valence-electron chi connectivity index (χ1n) is 6.05. The number of nitrogens with two attached hydrogens (primary N) is 1. The molecule has 0 unspecified atom stereocenters. The number of hydrogen-bond donors (Lipinski definition) is 3. The van der Waals surface area contributed by atoms with Crippen molar-refractivity contribution in [2.45, 2.75) is 6.42 Å². The monoisotopic (exact) mass is 256 g/mol. The minimum Gasteiger partial charge on any atom is -0.352 e. The van der Waals surface area contributed by atoms with E-state index in [-0.39, 0.29) is 5.91 Å². The van der Waals surface area contributed by atoms with Gasteiger partial charge in [-0.1, -0.05) is 30.3 Å². The van der Waals surface area contributed by atoms with Crippen LogP contribution in [0.25, 0.3) is 0 Å². The molecule has 2 aromatic rings. The first-order valence-corrected chi connectivity index (χ1v) is 6.05. The summed E-state index contributed by atoms with van der Waals surface area (Å²) < 4.78 is 0. The summed E-state index contributed by atoms with van der Waals surface area (Å²) in [6, 6.07) is 13.4. The first kappa shape index (κ1) is 13.0. The number of carbonyl (C=O) groups is 1. The maximum Gasteiger partial charge on any atom is 0.255 e. The van der Waals surface area contributed by atoms with Gasteiger partial charge in [-0.3, -0.25) is 4.79 Å². The summed E-state index contributed by atoms with van der Waals surface area (Å²) in [5.74, 6) is 5.51. The van der Waals surface area contributed by atoms with E-state index in [4.69, 9.17) is 5.84 Å². The third-order valence-corrected chi connectivity index (χ3v) is 2.73. The van der Waals surface area contributed by atoms with Crippen molar-refractivity contribution in [3.63, 3.8) is 0 Å². The van der Waals surface area contributed by atoms with Crippen LogP contribution in [-0.4, -0.2) is 17.4 Å². The maximum absolute atomic E-state index is 12.0. The molecule has 4 N–H and O–H groups in total. The molecule has 0 saturated heterocycles. The van der Waals surface area contributed by atoms with Gasteiger partial charge >= 0.3 is 0 Å². The van der Waals surface area contributed by atoms with E-state index in [2.05, 4.69) is 15.7 Å². The Bertz CT molecular complexity index is 542. The highest BCUT2D eigenvalue weighted by atomic mass is 16.1. The number of nitrogen functional groups attached to an aromatic ring is 1. The van der Waals surface area contributed by atoms with Crippen molar-refractivity contribution in [2.24, 2.45) is 5.84 Å². The van der Waals surface area contributed by atoms with Crippen molar-refractivity contribution in [1.82, 2.24) is 10.3 Å². The topological polar surface area (TPSA) is 80.0 Å². The zero-order valence-electron chi connectivity index (χ0n) is 10.5. The Hall–Kier alpha value is -2.40. The molecule has 0 atom stereocenters. The number of carbonyl (C=O) groups excluding carboxylic acids is 1. The number of benzene rings is 1. The number of hydrazine groups is 1. The summed E-state index contributed by atoms with van der Waals surface area (Å²) in [6.45, 7) is 0.571. The third kappa shape index (κ3) is 3.53. The summed E-state index contributed by atoms with van der Waals surface area (Å²) >= 11 is 0. The van der Waals surface area contributed by atoms with E-state index in [0.717, 1.165) is 6.42 Å². The molecular formula is C14H16N4O. The highest BCUT2D eigenvalue weighted by molar-refractivity contribution is 5.98. The van der Waals surface area contributed by atoms with Crippen molar-refractivity contribution >= 4 is 11.7 Å². The molecule has 1 amide bonds. The van der Waals surface area contributed by atoms with E-state index in [0.29, 0.717) is 17.9 Å². The number of nitrogens with one attached hydrogen (secondary N) is 2. The van der Waals surface area contributed by atoms with Crippen LogP contribution in [0.4, 0.5) is 5.82 Å². The van der Waals surface area contributed by atoms with Crippen LogP contribution in [0.15, 0.2) is 48.7 Å². The highest BCUT2D eigenvalue weighted by Gasteiger charge is 2.10. The lowest BCUT2D eigenvalue weighted by atomic mass is 10.1. The normalized spacial score (nSPS) is 9.95. The molecule has 5 heteroatoms. The van der Waals surface area contributed by atoms with E-state index in [1.165, 1.54) is 5.56 Å². The largest absolute Gasteiger partial charge is 0.352 e. The van der Waals surface area contributed by atoms with Crippen LogP contribution in [0.1, 0.15) is 15.9 Å². The molecule has 1 aromatic heterocycles. The number of pyridine rings is 1. The summed E-state index contributed by atoms with van der Waals surface area (Å²) in [5.41, 5.74) is 4.04. The van der Waals surface area contributed by atoms with Gasteiger partial charge in [0.05, 0.1) is 5.56 Å². The molecule has 0 aliphatic heterocycles. The SMILES string of the molecule is NNc1ncccc1C(=O)NCCc1ccccc1. The molecule has 0 aliphatic carbocycles. The second-order valence-corrected chi connectivity index (χ2v) is 4.04. The molecule has 0 aliphatic rings. The van der Waals surface area contributed by atoms with Crippen LogP contribution < -0.4 is 16.6 Å². The molecule has 5 nitrogen and oxygen atoms in total. The van der Waals surface area contributed by atoms with Gasteiger partial charge in [-0.15, -0.1) is 0 Å². The third-order valence-electron chi connectivity index (χ3n) is 2.73. The van der Waals surface area contributed by atoms with Crippen molar-refractivity contribution in [3.8, 4) is 0 Å². The molecule has 1 aromatic carbocycles. The first-order chi connectivity index (χ1) is 9.31. The molecule has 1 heterocycles. The van der Waals surface area contributed by atoms with Crippen LogP contribution in [0.5, 0.6) is 0 Å². The zero-order chi connectivity index (χ0) is 13.5. The average molecular weight is 256 g/mol. The Morgan fingerprint density at radius 2 is 1.95 bits per heavy atom. The molecule has 0 bridgehead atoms. The highest BCUT2D eigenvalue weighted by Crippen LogP contribution is 2.09. The average Bonchev–Trinajstić information content (AvgIpc) is 2.48. The summed E-state index contributed by atoms with van der Waals surface area (Å²) in [7, 11) is 0. The molecule has 0 fully saturated rings. The van der Waals surface area contributed by atoms with E-state index in [1.807, 2.05) is 30.3 Å². The Morgan fingerprint density at radius 3 is 2.68 bits per heavy atom. The van der Waals surface area contributed by atoms with Crippen LogP contribution in [-0.2, 0) is 6.42 Å². The summed E-state index contributed by atoms with van der Waals surface area (Å²) in [4.78, 5) is 16.0.